The second kappa shape index (κ2) is 3.90. The third kappa shape index (κ3) is 2.62. The van der Waals surface area contributed by atoms with Gasteiger partial charge in [0.1, 0.15) is 0 Å². The maximum atomic E-state index is 13.0. The highest BCUT2D eigenvalue weighted by molar-refractivity contribution is 9.10. The first-order valence-electron chi connectivity index (χ1n) is 3.50. The molecule has 0 heterocycles. The minimum atomic E-state index is -3.02. The average Bonchev–Trinajstić information content (AvgIpc) is 2.02. The standard InChI is InChI=1S/C8H7BrClF2N/c9-6-1-5(2-7(10)3-6)8(11,12)4-13/h1-3H,4,13H2. The molecule has 1 nitrogen and oxygen atoms in total. The second-order valence-electron chi connectivity index (χ2n) is 2.57. The summed E-state index contributed by atoms with van der Waals surface area (Å²) in [6, 6.07) is 4.05. The Bertz CT molecular complexity index is 297. The van der Waals surface area contributed by atoms with Crippen LogP contribution in [0.5, 0.6) is 0 Å². The summed E-state index contributed by atoms with van der Waals surface area (Å²) in [5, 5.41) is 0.262. The van der Waals surface area contributed by atoms with E-state index in [0.29, 0.717) is 4.47 Å². The molecule has 0 aliphatic heterocycles. The number of hydrogen-bond donors (Lipinski definition) is 1. The third-order valence-corrected chi connectivity index (χ3v) is 2.22. The molecule has 1 rings (SSSR count). The van der Waals surface area contributed by atoms with Gasteiger partial charge in [-0.2, -0.15) is 8.78 Å². The molecule has 1 aromatic rings. The zero-order valence-electron chi connectivity index (χ0n) is 6.53. The van der Waals surface area contributed by atoms with E-state index in [0.717, 1.165) is 0 Å². The highest BCUT2D eigenvalue weighted by Gasteiger charge is 2.29. The molecule has 0 aliphatic rings. The third-order valence-electron chi connectivity index (χ3n) is 1.54. The topological polar surface area (TPSA) is 26.0 Å². The Labute approximate surface area is 88.0 Å². The number of hydrogen-bond acceptors (Lipinski definition) is 1. The molecule has 1 aromatic carbocycles. The van der Waals surface area contributed by atoms with Crippen LogP contribution in [0.4, 0.5) is 8.78 Å². The van der Waals surface area contributed by atoms with Gasteiger partial charge in [0.05, 0.1) is 6.54 Å². The van der Waals surface area contributed by atoms with Gasteiger partial charge >= 0.3 is 0 Å². The summed E-state index contributed by atoms with van der Waals surface area (Å²) in [6.45, 7) is -0.722. The van der Waals surface area contributed by atoms with E-state index >= 15 is 0 Å². The molecule has 13 heavy (non-hydrogen) atoms. The Hall–Kier alpha value is -0.190. The minimum Gasteiger partial charge on any atom is -0.325 e. The predicted octanol–water partition coefficient (Wildman–Crippen LogP) is 3.15. The molecule has 72 valence electrons. The van der Waals surface area contributed by atoms with E-state index < -0.39 is 12.5 Å². The summed E-state index contributed by atoms with van der Waals surface area (Å²) in [7, 11) is 0. The Morgan fingerprint density at radius 2 is 2.00 bits per heavy atom. The van der Waals surface area contributed by atoms with Crippen LogP contribution in [0.2, 0.25) is 5.02 Å². The van der Waals surface area contributed by atoms with E-state index in [2.05, 4.69) is 15.9 Å². The molecule has 0 saturated heterocycles. The van der Waals surface area contributed by atoms with Crippen molar-refractivity contribution in [3.05, 3.63) is 33.3 Å². The van der Waals surface area contributed by atoms with E-state index in [1.807, 2.05) is 0 Å². The summed E-state index contributed by atoms with van der Waals surface area (Å²) in [5.41, 5.74) is 4.76. The van der Waals surface area contributed by atoms with E-state index in [1.165, 1.54) is 18.2 Å². The van der Waals surface area contributed by atoms with E-state index in [1.54, 1.807) is 0 Å². The highest BCUT2D eigenvalue weighted by atomic mass is 79.9. The zero-order valence-corrected chi connectivity index (χ0v) is 8.87. The number of alkyl halides is 2. The molecule has 2 N–H and O–H groups in total. The average molecular weight is 271 g/mol. The number of rotatable bonds is 2. The van der Waals surface area contributed by atoms with E-state index in [9.17, 15) is 8.78 Å². The van der Waals surface area contributed by atoms with Gasteiger partial charge in [-0.3, -0.25) is 0 Å². The Morgan fingerprint density at radius 3 is 2.46 bits per heavy atom. The van der Waals surface area contributed by atoms with Crippen LogP contribution in [-0.2, 0) is 5.92 Å². The largest absolute Gasteiger partial charge is 0.325 e. The van der Waals surface area contributed by atoms with Crippen molar-refractivity contribution >= 4 is 27.5 Å². The minimum absolute atomic E-state index is 0.172. The van der Waals surface area contributed by atoms with Crippen molar-refractivity contribution < 1.29 is 8.78 Å². The molecule has 0 atom stereocenters. The second-order valence-corrected chi connectivity index (χ2v) is 3.92. The molecule has 0 bridgehead atoms. The molecule has 0 amide bonds. The fourth-order valence-electron chi connectivity index (χ4n) is 0.883. The van der Waals surface area contributed by atoms with Crippen LogP contribution in [0.15, 0.2) is 22.7 Å². The van der Waals surface area contributed by atoms with Crippen LogP contribution >= 0.6 is 27.5 Å². The summed E-state index contributed by atoms with van der Waals surface area (Å²) in [5.74, 6) is -3.02. The Balaban J connectivity index is 3.15. The molecule has 0 aliphatic carbocycles. The quantitative estimate of drug-likeness (QED) is 0.878. The molecule has 0 unspecified atom stereocenters. The van der Waals surface area contributed by atoms with Gasteiger partial charge in [0, 0.05) is 15.1 Å². The lowest BCUT2D eigenvalue weighted by Gasteiger charge is -2.14. The lowest BCUT2D eigenvalue weighted by molar-refractivity contribution is 0.00590. The zero-order chi connectivity index (χ0) is 10.1. The van der Waals surface area contributed by atoms with Crippen LogP contribution in [-0.4, -0.2) is 6.54 Å². The molecule has 0 radical (unpaired) electrons. The van der Waals surface area contributed by atoms with Crippen LogP contribution in [0.25, 0.3) is 0 Å². The van der Waals surface area contributed by atoms with Gasteiger partial charge in [0.25, 0.3) is 5.92 Å². The van der Waals surface area contributed by atoms with Crippen molar-refractivity contribution in [2.24, 2.45) is 5.73 Å². The highest BCUT2D eigenvalue weighted by Crippen LogP contribution is 2.31. The van der Waals surface area contributed by atoms with Gasteiger partial charge in [-0.1, -0.05) is 27.5 Å². The van der Waals surface area contributed by atoms with Crippen molar-refractivity contribution in [2.75, 3.05) is 6.54 Å². The molecule has 5 heteroatoms. The molecule has 0 fully saturated rings. The normalized spacial score (nSPS) is 11.8. The molecular formula is C8H7BrClF2N. The molecule has 0 spiro atoms. The fraction of sp³-hybridized carbons (Fsp3) is 0.250. The number of halogens is 4. The van der Waals surface area contributed by atoms with Crippen molar-refractivity contribution in [1.29, 1.82) is 0 Å². The van der Waals surface area contributed by atoms with E-state index in [-0.39, 0.29) is 10.6 Å². The van der Waals surface area contributed by atoms with Crippen molar-refractivity contribution in [3.8, 4) is 0 Å². The smallest absolute Gasteiger partial charge is 0.285 e. The lowest BCUT2D eigenvalue weighted by atomic mass is 10.1. The molecule has 0 aromatic heterocycles. The molecular weight excluding hydrogens is 263 g/mol. The van der Waals surface area contributed by atoms with E-state index in [4.69, 9.17) is 17.3 Å². The Morgan fingerprint density at radius 1 is 1.38 bits per heavy atom. The van der Waals surface area contributed by atoms with Crippen molar-refractivity contribution in [1.82, 2.24) is 0 Å². The summed E-state index contributed by atoms with van der Waals surface area (Å²) in [6.07, 6.45) is 0. The fourth-order valence-corrected chi connectivity index (χ4v) is 1.74. The first-order valence-corrected chi connectivity index (χ1v) is 4.67. The van der Waals surface area contributed by atoms with Crippen LogP contribution in [0.3, 0.4) is 0 Å². The van der Waals surface area contributed by atoms with Crippen molar-refractivity contribution in [3.63, 3.8) is 0 Å². The van der Waals surface area contributed by atoms with Crippen LogP contribution < -0.4 is 5.73 Å². The SMILES string of the molecule is NCC(F)(F)c1cc(Cl)cc(Br)c1. The number of nitrogens with two attached hydrogens (primary N) is 1. The summed E-state index contributed by atoms with van der Waals surface area (Å²) >= 11 is 8.69. The summed E-state index contributed by atoms with van der Waals surface area (Å²) < 4.78 is 26.6. The van der Waals surface area contributed by atoms with Crippen molar-refractivity contribution in [2.45, 2.75) is 5.92 Å². The van der Waals surface area contributed by atoms with Gasteiger partial charge in [-0.15, -0.1) is 0 Å². The maximum absolute atomic E-state index is 13.0. The maximum Gasteiger partial charge on any atom is 0.285 e. The monoisotopic (exact) mass is 269 g/mol. The first-order chi connectivity index (χ1) is 5.95. The summed E-state index contributed by atoms with van der Waals surface area (Å²) in [4.78, 5) is 0. The predicted molar refractivity (Wildman–Crippen MR) is 52.1 cm³/mol. The molecule has 0 saturated carbocycles. The van der Waals surface area contributed by atoms with Crippen LogP contribution in [0.1, 0.15) is 5.56 Å². The lowest BCUT2D eigenvalue weighted by Crippen LogP contribution is -2.25. The number of benzene rings is 1. The van der Waals surface area contributed by atoms with Gasteiger partial charge in [-0.25, -0.2) is 0 Å². The van der Waals surface area contributed by atoms with Gasteiger partial charge in [-0.05, 0) is 18.2 Å². The Kier molecular flexibility index (Phi) is 3.27. The van der Waals surface area contributed by atoms with Gasteiger partial charge < -0.3 is 5.73 Å². The van der Waals surface area contributed by atoms with Crippen LogP contribution in [0, 0.1) is 0 Å². The van der Waals surface area contributed by atoms with Gasteiger partial charge in [0.15, 0.2) is 0 Å². The first kappa shape index (κ1) is 10.9. The van der Waals surface area contributed by atoms with Gasteiger partial charge in [0.2, 0.25) is 0 Å².